The number of aliphatic imine (C=N–C) groups is 1. The molecule has 2 aromatic carbocycles. The molecule has 2 N–H and O–H groups in total. The van der Waals surface area contributed by atoms with Crippen molar-refractivity contribution in [3.05, 3.63) is 53.6 Å². The van der Waals surface area contributed by atoms with E-state index >= 15 is 0 Å². The number of hydrogen-bond donors (Lipinski definition) is 2. The number of nitrogens with one attached hydrogen (secondary N) is 2. The van der Waals surface area contributed by atoms with Gasteiger partial charge in [-0.1, -0.05) is 18.2 Å². The van der Waals surface area contributed by atoms with Gasteiger partial charge in [0.1, 0.15) is 17.2 Å². The first-order chi connectivity index (χ1) is 13.6. The van der Waals surface area contributed by atoms with Crippen molar-refractivity contribution in [1.29, 1.82) is 0 Å². The summed E-state index contributed by atoms with van der Waals surface area (Å²) in [4.78, 5) is 4.53. The van der Waals surface area contributed by atoms with Crippen molar-refractivity contribution in [1.82, 2.24) is 10.6 Å². The number of hydrogen-bond acceptors (Lipinski definition) is 4. The largest absolute Gasteiger partial charge is 0.497 e. The summed E-state index contributed by atoms with van der Waals surface area (Å²) < 4.78 is 40.4. The molecule has 2 aromatic rings. The Kier molecular flexibility index (Phi) is 8.33. The number of nitrogens with zero attached hydrogens (tertiary/aromatic N) is 1. The number of benzene rings is 2. The maximum absolute atomic E-state index is 12.7. The van der Waals surface area contributed by atoms with Crippen molar-refractivity contribution in [3.63, 3.8) is 0 Å². The molecule has 0 atom stereocenters. The molecule has 0 saturated carbocycles. The minimum atomic E-state index is -2.92. The molecule has 8 heteroatoms. The van der Waals surface area contributed by atoms with Crippen molar-refractivity contribution < 1.29 is 23.0 Å². The summed E-state index contributed by atoms with van der Waals surface area (Å²) >= 11 is 0. The Morgan fingerprint density at radius 3 is 2.46 bits per heavy atom. The van der Waals surface area contributed by atoms with E-state index in [0.29, 0.717) is 30.4 Å². The van der Waals surface area contributed by atoms with Crippen LogP contribution in [-0.2, 0) is 13.1 Å². The predicted octanol–water partition coefficient (Wildman–Crippen LogP) is 3.56. The van der Waals surface area contributed by atoms with E-state index in [1.165, 1.54) is 13.2 Å². The monoisotopic (exact) mass is 393 g/mol. The number of para-hydroxylation sites is 1. The van der Waals surface area contributed by atoms with Crippen molar-refractivity contribution in [3.8, 4) is 17.2 Å². The molecule has 0 radical (unpaired) electrons. The topological polar surface area (TPSA) is 64.1 Å². The summed E-state index contributed by atoms with van der Waals surface area (Å²) in [7, 11) is 3.08. The van der Waals surface area contributed by atoms with E-state index in [0.717, 1.165) is 11.3 Å². The molecular weight excluding hydrogens is 368 g/mol. The van der Waals surface area contributed by atoms with Crippen molar-refractivity contribution in [2.45, 2.75) is 26.6 Å². The van der Waals surface area contributed by atoms with Crippen LogP contribution >= 0.6 is 0 Å². The van der Waals surface area contributed by atoms with Crippen LogP contribution in [0, 0.1) is 0 Å². The third-order valence-electron chi connectivity index (χ3n) is 3.88. The highest BCUT2D eigenvalue weighted by atomic mass is 19.3. The van der Waals surface area contributed by atoms with Gasteiger partial charge in [-0.3, -0.25) is 0 Å². The predicted molar refractivity (Wildman–Crippen MR) is 104 cm³/mol. The maximum Gasteiger partial charge on any atom is 0.387 e. The second-order valence-electron chi connectivity index (χ2n) is 5.71. The van der Waals surface area contributed by atoms with Crippen LogP contribution in [-0.4, -0.2) is 33.3 Å². The van der Waals surface area contributed by atoms with Crippen molar-refractivity contribution >= 4 is 5.96 Å². The van der Waals surface area contributed by atoms with Crippen molar-refractivity contribution in [2.24, 2.45) is 4.99 Å². The first-order valence-corrected chi connectivity index (χ1v) is 8.83. The van der Waals surface area contributed by atoms with E-state index in [4.69, 9.17) is 9.47 Å². The second-order valence-corrected chi connectivity index (χ2v) is 5.71. The lowest BCUT2D eigenvalue weighted by molar-refractivity contribution is -0.0505. The number of ether oxygens (including phenoxy) is 3. The summed E-state index contributed by atoms with van der Waals surface area (Å²) in [5.74, 6) is 1.80. The zero-order valence-electron chi connectivity index (χ0n) is 16.2. The van der Waals surface area contributed by atoms with E-state index in [1.807, 2.05) is 31.2 Å². The standard InChI is InChI=1S/C20H25F2N3O3/c1-4-23-20(24-12-14-7-5-6-8-17(14)27-3)25-13-15-9-10-16(26-2)11-18(15)28-19(21)22/h5-11,19H,4,12-13H2,1-3H3,(H2,23,24,25). The summed E-state index contributed by atoms with van der Waals surface area (Å²) in [5, 5.41) is 6.26. The Morgan fingerprint density at radius 1 is 1.00 bits per heavy atom. The highest BCUT2D eigenvalue weighted by Gasteiger charge is 2.12. The van der Waals surface area contributed by atoms with E-state index < -0.39 is 6.61 Å². The molecule has 2 rings (SSSR count). The maximum atomic E-state index is 12.7. The molecule has 0 amide bonds. The van der Waals surface area contributed by atoms with Crippen LogP contribution in [0.25, 0.3) is 0 Å². The van der Waals surface area contributed by atoms with Gasteiger partial charge in [0.2, 0.25) is 0 Å². The lowest BCUT2D eigenvalue weighted by Gasteiger charge is -2.15. The zero-order chi connectivity index (χ0) is 20.4. The number of rotatable bonds is 9. The smallest absolute Gasteiger partial charge is 0.387 e. The molecule has 0 aliphatic carbocycles. The van der Waals surface area contributed by atoms with Gasteiger partial charge in [0, 0.05) is 30.3 Å². The van der Waals surface area contributed by atoms with Crippen molar-refractivity contribution in [2.75, 3.05) is 20.8 Å². The first kappa shape index (κ1) is 21.3. The summed E-state index contributed by atoms with van der Waals surface area (Å²) in [6.45, 7) is 0.338. The van der Waals surface area contributed by atoms with Gasteiger partial charge in [-0.2, -0.15) is 8.78 Å². The fourth-order valence-corrected chi connectivity index (χ4v) is 2.53. The highest BCUT2D eigenvalue weighted by molar-refractivity contribution is 5.79. The number of guanidine groups is 1. The lowest BCUT2D eigenvalue weighted by Crippen LogP contribution is -2.36. The molecule has 0 heterocycles. The molecule has 0 aromatic heterocycles. The van der Waals surface area contributed by atoms with Gasteiger partial charge in [-0.15, -0.1) is 0 Å². The molecule has 152 valence electrons. The minimum absolute atomic E-state index is 0.0578. The fourth-order valence-electron chi connectivity index (χ4n) is 2.53. The Bertz CT molecular complexity index is 785. The Hall–Kier alpha value is -3.03. The van der Waals surface area contributed by atoms with E-state index in [2.05, 4.69) is 20.4 Å². The summed E-state index contributed by atoms with van der Waals surface area (Å²) in [6.07, 6.45) is 0. The van der Waals surface area contributed by atoms with Crippen LogP contribution in [0.15, 0.2) is 47.5 Å². The van der Waals surface area contributed by atoms with Crippen LogP contribution in [0.2, 0.25) is 0 Å². The van der Waals surface area contributed by atoms with Gasteiger partial charge in [0.05, 0.1) is 20.8 Å². The molecule has 0 saturated heterocycles. The van der Waals surface area contributed by atoms with E-state index in [9.17, 15) is 8.78 Å². The quantitative estimate of drug-likeness (QED) is 0.504. The summed E-state index contributed by atoms with van der Waals surface area (Å²) in [5.41, 5.74) is 1.50. The molecule has 0 fully saturated rings. The normalized spacial score (nSPS) is 11.3. The van der Waals surface area contributed by atoms with Gasteiger partial charge < -0.3 is 24.8 Å². The third-order valence-corrected chi connectivity index (χ3v) is 3.88. The highest BCUT2D eigenvalue weighted by Crippen LogP contribution is 2.26. The average Bonchev–Trinajstić information content (AvgIpc) is 2.70. The number of methoxy groups -OCH3 is 2. The van der Waals surface area contributed by atoms with E-state index in [-0.39, 0.29) is 12.3 Å². The molecule has 0 aliphatic heterocycles. The van der Waals surface area contributed by atoms with Gasteiger partial charge in [-0.25, -0.2) is 4.99 Å². The van der Waals surface area contributed by atoms with Crippen LogP contribution in [0.3, 0.4) is 0 Å². The lowest BCUT2D eigenvalue weighted by atomic mass is 10.2. The Labute approximate surface area is 163 Å². The molecule has 28 heavy (non-hydrogen) atoms. The fraction of sp³-hybridized carbons (Fsp3) is 0.350. The third kappa shape index (κ3) is 6.29. The van der Waals surface area contributed by atoms with Gasteiger partial charge in [-0.05, 0) is 25.1 Å². The van der Waals surface area contributed by atoms with Crippen LogP contribution in [0.5, 0.6) is 17.2 Å². The average molecular weight is 393 g/mol. The van der Waals surface area contributed by atoms with Gasteiger partial charge in [0.25, 0.3) is 0 Å². The second kappa shape index (κ2) is 11.0. The van der Waals surface area contributed by atoms with Crippen LogP contribution in [0.4, 0.5) is 8.78 Å². The molecular formula is C20H25F2N3O3. The Morgan fingerprint density at radius 2 is 1.79 bits per heavy atom. The minimum Gasteiger partial charge on any atom is -0.497 e. The van der Waals surface area contributed by atoms with Gasteiger partial charge in [0.15, 0.2) is 5.96 Å². The molecule has 6 nitrogen and oxygen atoms in total. The Balaban J connectivity index is 2.12. The van der Waals surface area contributed by atoms with Crippen LogP contribution < -0.4 is 24.8 Å². The molecule has 0 spiro atoms. The zero-order valence-corrected chi connectivity index (χ0v) is 16.2. The van der Waals surface area contributed by atoms with Crippen LogP contribution in [0.1, 0.15) is 18.1 Å². The number of halogens is 2. The van der Waals surface area contributed by atoms with E-state index in [1.54, 1.807) is 19.2 Å². The molecule has 0 aliphatic rings. The first-order valence-electron chi connectivity index (χ1n) is 8.83. The molecule has 0 unspecified atom stereocenters. The van der Waals surface area contributed by atoms with Gasteiger partial charge >= 0.3 is 6.61 Å². The molecule has 0 bridgehead atoms. The SMILES string of the molecule is CCNC(=NCc1ccccc1OC)NCc1ccc(OC)cc1OC(F)F. The number of alkyl halides is 2. The summed E-state index contributed by atoms with van der Waals surface area (Å²) in [6, 6.07) is 12.4.